The molecule has 0 aliphatic carbocycles. The number of nitrogens with zero attached hydrogens (tertiary/aromatic N) is 4. The number of fused-ring (bicyclic) bond motifs is 1. The molecule has 1 aliphatic rings. The maximum absolute atomic E-state index is 13.6. The van der Waals surface area contributed by atoms with E-state index in [2.05, 4.69) is 10.1 Å². The zero-order valence-corrected chi connectivity index (χ0v) is 20.1. The van der Waals surface area contributed by atoms with Gasteiger partial charge < -0.3 is 9.47 Å². The summed E-state index contributed by atoms with van der Waals surface area (Å²) >= 11 is 1.30. The van der Waals surface area contributed by atoms with E-state index in [1.165, 1.54) is 11.3 Å². The molecule has 1 aromatic carbocycles. The number of hydrogen-bond acceptors (Lipinski definition) is 7. The molecule has 0 radical (unpaired) electrons. The monoisotopic (exact) mass is 466 g/mol. The minimum Gasteiger partial charge on any atom is -0.497 e. The number of benzene rings is 1. The summed E-state index contributed by atoms with van der Waals surface area (Å²) in [6.07, 6.45) is 3.60. The van der Waals surface area contributed by atoms with Gasteiger partial charge in [0.25, 0.3) is 5.56 Å². The van der Waals surface area contributed by atoms with E-state index < -0.39 is 12.0 Å². The Kier molecular flexibility index (Phi) is 6.33. The van der Waals surface area contributed by atoms with Crippen molar-refractivity contribution in [1.29, 1.82) is 0 Å². The van der Waals surface area contributed by atoms with Crippen LogP contribution in [0.3, 0.4) is 0 Å². The summed E-state index contributed by atoms with van der Waals surface area (Å²) in [4.78, 5) is 31.7. The van der Waals surface area contributed by atoms with Gasteiger partial charge in [-0.3, -0.25) is 14.0 Å². The number of thiazole rings is 1. The molecule has 0 spiro atoms. The Morgan fingerprint density at radius 3 is 2.55 bits per heavy atom. The Morgan fingerprint density at radius 2 is 1.94 bits per heavy atom. The topological polar surface area (TPSA) is 87.7 Å². The van der Waals surface area contributed by atoms with Crippen molar-refractivity contribution in [2.24, 2.45) is 4.99 Å². The van der Waals surface area contributed by atoms with Gasteiger partial charge in [0, 0.05) is 17.8 Å². The molecule has 0 saturated carbocycles. The van der Waals surface area contributed by atoms with Gasteiger partial charge in [-0.25, -0.2) is 9.79 Å². The molecule has 0 saturated heterocycles. The van der Waals surface area contributed by atoms with Gasteiger partial charge in [0.2, 0.25) is 0 Å². The van der Waals surface area contributed by atoms with Crippen LogP contribution in [-0.4, -0.2) is 34.0 Å². The second kappa shape index (κ2) is 9.19. The largest absolute Gasteiger partial charge is 0.497 e. The van der Waals surface area contributed by atoms with Crippen LogP contribution in [0.1, 0.15) is 43.6 Å². The molecule has 0 amide bonds. The number of ether oxygens (including phenoxy) is 2. The van der Waals surface area contributed by atoms with Crippen molar-refractivity contribution in [1.82, 2.24) is 14.3 Å². The van der Waals surface area contributed by atoms with E-state index in [4.69, 9.17) is 9.47 Å². The van der Waals surface area contributed by atoms with Crippen LogP contribution < -0.4 is 19.6 Å². The minimum absolute atomic E-state index is 0.211. The smallest absolute Gasteiger partial charge is 0.338 e. The van der Waals surface area contributed by atoms with Crippen molar-refractivity contribution in [3.63, 3.8) is 0 Å². The fourth-order valence-corrected chi connectivity index (χ4v) is 4.99. The van der Waals surface area contributed by atoms with Gasteiger partial charge in [0.05, 0.1) is 41.8 Å². The van der Waals surface area contributed by atoms with Crippen molar-refractivity contribution in [2.45, 2.75) is 40.3 Å². The first-order valence-corrected chi connectivity index (χ1v) is 11.6. The highest BCUT2D eigenvalue weighted by Gasteiger charge is 2.33. The number of aromatic nitrogens is 3. The van der Waals surface area contributed by atoms with Gasteiger partial charge in [0.1, 0.15) is 5.75 Å². The maximum atomic E-state index is 13.6. The van der Waals surface area contributed by atoms with Crippen molar-refractivity contribution in [3.8, 4) is 5.75 Å². The van der Waals surface area contributed by atoms with Crippen molar-refractivity contribution in [3.05, 3.63) is 78.2 Å². The average molecular weight is 467 g/mol. The van der Waals surface area contributed by atoms with E-state index in [9.17, 15) is 9.59 Å². The second-order valence-corrected chi connectivity index (χ2v) is 8.59. The van der Waals surface area contributed by atoms with Crippen LogP contribution in [0.5, 0.6) is 5.75 Å². The Balaban J connectivity index is 1.94. The molecule has 0 fully saturated rings. The third-order valence-corrected chi connectivity index (χ3v) is 6.66. The summed E-state index contributed by atoms with van der Waals surface area (Å²) < 4.78 is 14.6. The van der Waals surface area contributed by atoms with E-state index in [1.54, 1.807) is 31.7 Å². The molecule has 4 rings (SSSR count). The Hall–Kier alpha value is -3.46. The van der Waals surface area contributed by atoms with Crippen LogP contribution in [0, 0.1) is 6.92 Å². The van der Waals surface area contributed by atoms with Gasteiger partial charge >= 0.3 is 5.97 Å². The minimum atomic E-state index is -0.646. The van der Waals surface area contributed by atoms with Crippen LogP contribution in [0.2, 0.25) is 0 Å². The molecular formula is C24H26N4O4S. The predicted octanol–water partition coefficient (Wildman–Crippen LogP) is 2.33. The van der Waals surface area contributed by atoms with Crippen molar-refractivity contribution < 1.29 is 14.3 Å². The number of aryl methyl sites for hydroxylation is 1. The van der Waals surface area contributed by atoms with Crippen LogP contribution in [0.25, 0.3) is 6.08 Å². The third-order valence-electron chi connectivity index (χ3n) is 5.68. The van der Waals surface area contributed by atoms with Gasteiger partial charge in [-0.2, -0.15) is 5.10 Å². The SMILES string of the molecule is CCOC(=O)C1=C(C)N=c2s/c(=C/c3cnn(CC)c3C)c(=O)n2[C@H]1c1ccc(OC)cc1. The highest BCUT2D eigenvalue weighted by molar-refractivity contribution is 7.07. The molecule has 0 bridgehead atoms. The Bertz CT molecular complexity index is 1410. The number of allylic oxidation sites excluding steroid dienone is 1. The lowest BCUT2D eigenvalue weighted by Gasteiger charge is -2.24. The first kappa shape index (κ1) is 22.7. The summed E-state index contributed by atoms with van der Waals surface area (Å²) in [6, 6.07) is 6.69. The number of rotatable bonds is 6. The molecule has 3 heterocycles. The van der Waals surface area contributed by atoms with Gasteiger partial charge in [-0.05, 0) is 51.5 Å². The third kappa shape index (κ3) is 4.04. The lowest BCUT2D eigenvalue weighted by atomic mass is 9.96. The molecule has 3 aromatic rings. The normalized spacial score (nSPS) is 15.9. The number of hydrogen-bond donors (Lipinski definition) is 0. The second-order valence-electron chi connectivity index (χ2n) is 7.58. The predicted molar refractivity (Wildman–Crippen MR) is 126 cm³/mol. The standard InChI is InChI=1S/C24H26N4O4S/c1-6-27-15(4)17(13-25-27)12-19-22(29)28-21(16-8-10-18(31-5)11-9-16)20(23(30)32-7-2)14(3)26-24(28)33-19/h8-13,21H,6-7H2,1-5H3/b19-12+/t21-/m0/s1. The summed E-state index contributed by atoms with van der Waals surface area (Å²) in [6.45, 7) is 8.50. The molecule has 172 valence electrons. The van der Waals surface area contributed by atoms with Gasteiger partial charge in [0.15, 0.2) is 4.80 Å². The highest BCUT2D eigenvalue weighted by Crippen LogP contribution is 2.31. The van der Waals surface area contributed by atoms with E-state index in [1.807, 2.05) is 48.9 Å². The van der Waals surface area contributed by atoms with Gasteiger partial charge in [-0.15, -0.1) is 0 Å². The summed E-state index contributed by atoms with van der Waals surface area (Å²) in [7, 11) is 1.59. The van der Waals surface area contributed by atoms with Crippen molar-refractivity contribution >= 4 is 23.4 Å². The summed E-state index contributed by atoms with van der Waals surface area (Å²) in [5.41, 5.74) is 3.32. The molecule has 0 unspecified atom stereocenters. The maximum Gasteiger partial charge on any atom is 0.338 e. The fourth-order valence-electron chi connectivity index (χ4n) is 3.96. The first-order chi connectivity index (χ1) is 15.9. The van der Waals surface area contributed by atoms with E-state index in [0.29, 0.717) is 26.4 Å². The number of esters is 1. The number of carbonyl (C=O) groups is 1. The van der Waals surface area contributed by atoms with Crippen molar-refractivity contribution in [2.75, 3.05) is 13.7 Å². The van der Waals surface area contributed by atoms with E-state index in [-0.39, 0.29) is 12.2 Å². The molecule has 9 heteroatoms. The molecule has 1 atom stereocenters. The first-order valence-electron chi connectivity index (χ1n) is 10.8. The van der Waals surface area contributed by atoms with E-state index in [0.717, 1.165) is 23.4 Å². The Morgan fingerprint density at radius 1 is 1.21 bits per heavy atom. The summed E-state index contributed by atoms with van der Waals surface area (Å²) in [5, 5.41) is 4.37. The fraction of sp³-hybridized carbons (Fsp3) is 0.333. The number of methoxy groups -OCH3 is 1. The molecule has 8 nitrogen and oxygen atoms in total. The Labute approximate surface area is 195 Å². The van der Waals surface area contributed by atoms with Gasteiger partial charge in [-0.1, -0.05) is 23.5 Å². The molecule has 0 N–H and O–H groups in total. The highest BCUT2D eigenvalue weighted by atomic mass is 32.1. The lowest BCUT2D eigenvalue weighted by Crippen LogP contribution is -2.39. The molecule has 1 aliphatic heterocycles. The van der Waals surface area contributed by atoms with Crippen LogP contribution in [0.4, 0.5) is 0 Å². The van der Waals surface area contributed by atoms with Crippen LogP contribution in [-0.2, 0) is 16.1 Å². The molecule has 33 heavy (non-hydrogen) atoms. The van der Waals surface area contributed by atoms with E-state index >= 15 is 0 Å². The molecular weight excluding hydrogens is 440 g/mol. The van der Waals surface area contributed by atoms with Crippen LogP contribution in [0.15, 0.2) is 51.5 Å². The quantitative estimate of drug-likeness (QED) is 0.521. The van der Waals surface area contributed by atoms with Crippen LogP contribution >= 0.6 is 11.3 Å². The average Bonchev–Trinajstić information content (AvgIpc) is 3.32. The lowest BCUT2D eigenvalue weighted by molar-refractivity contribution is -0.139. The molecule has 2 aromatic heterocycles. The number of carbonyl (C=O) groups excluding carboxylic acids is 1. The zero-order valence-electron chi connectivity index (χ0n) is 19.3. The summed E-state index contributed by atoms with van der Waals surface area (Å²) in [5.74, 6) is 0.210. The zero-order chi connectivity index (χ0) is 23.7.